The maximum Gasteiger partial charge on any atom is 0.335 e. The number of carbonyl (C=O) groups is 2. The van der Waals surface area contributed by atoms with E-state index < -0.39 is 5.97 Å². The second-order valence-corrected chi connectivity index (χ2v) is 7.76. The van der Waals surface area contributed by atoms with E-state index in [1.807, 2.05) is 13.8 Å². The van der Waals surface area contributed by atoms with Gasteiger partial charge in [-0.2, -0.15) is 5.26 Å². The molecule has 2 saturated heterocycles. The van der Waals surface area contributed by atoms with Crippen LogP contribution in [0.4, 0.5) is 0 Å². The van der Waals surface area contributed by atoms with Gasteiger partial charge in [0.25, 0.3) is 0 Å². The molecule has 1 aromatic rings. The minimum atomic E-state index is -1.03. The molecule has 156 valence electrons. The van der Waals surface area contributed by atoms with Crippen molar-refractivity contribution in [2.45, 2.75) is 63.8 Å². The van der Waals surface area contributed by atoms with Crippen LogP contribution < -0.4 is 14.8 Å². The average Bonchev–Trinajstić information content (AvgIpc) is 3.35. The monoisotopic (exact) mass is 401 g/mol. The van der Waals surface area contributed by atoms with Crippen molar-refractivity contribution in [1.29, 1.82) is 5.26 Å². The number of amides is 1. The lowest BCUT2D eigenvalue weighted by molar-refractivity contribution is -0.133. The molecule has 0 saturated carbocycles. The molecular weight excluding hydrogens is 374 g/mol. The highest BCUT2D eigenvalue weighted by molar-refractivity contribution is 5.88. The number of carbonyl (C=O) groups excluding carboxylic acids is 1. The fourth-order valence-electron chi connectivity index (χ4n) is 3.81. The van der Waals surface area contributed by atoms with E-state index in [9.17, 15) is 20.0 Å². The molecule has 2 heterocycles. The number of benzene rings is 1. The first kappa shape index (κ1) is 20.9. The van der Waals surface area contributed by atoms with Crippen molar-refractivity contribution in [2.75, 3.05) is 13.2 Å². The number of aromatic carboxylic acids is 1. The number of carboxylic acid groups (broad SMARTS) is 1. The zero-order chi connectivity index (χ0) is 21.0. The van der Waals surface area contributed by atoms with Gasteiger partial charge in [-0.15, -0.1) is 0 Å². The Balaban J connectivity index is 1.60. The highest BCUT2D eigenvalue weighted by atomic mass is 16.5. The maximum atomic E-state index is 12.7. The highest BCUT2D eigenvalue weighted by Crippen LogP contribution is 2.30. The quantitative estimate of drug-likeness (QED) is 0.720. The number of hydrogen-bond acceptors (Lipinski definition) is 6. The summed E-state index contributed by atoms with van der Waals surface area (Å²) in [5.41, 5.74) is 0.125. The second kappa shape index (κ2) is 9.14. The van der Waals surface area contributed by atoms with Crippen LogP contribution in [-0.2, 0) is 4.79 Å². The molecule has 2 fully saturated rings. The number of likely N-dealkylation sites (tertiary alicyclic amines) is 1. The molecule has 0 aliphatic carbocycles. The molecule has 0 unspecified atom stereocenters. The summed E-state index contributed by atoms with van der Waals surface area (Å²) < 4.78 is 11.6. The summed E-state index contributed by atoms with van der Waals surface area (Å²) in [6, 6.07) is 6.07. The van der Waals surface area contributed by atoms with Crippen LogP contribution in [0, 0.1) is 11.3 Å². The van der Waals surface area contributed by atoms with Gasteiger partial charge in [0.15, 0.2) is 11.5 Å². The molecular formula is C21H27N3O5. The molecule has 3 rings (SSSR count). The topological polar surface area (TPSA) is 112 Å². The summed E-state index contributed by atoms with van der Waals surface area (Å²) in [7, 11) is 0. The molecule has 0 bridgehead atoms. The maximum absolute atomic E-state index is 12.7. The summed E-state index contributed by atoms with van der Waals surface area (Å²) in [6.07, 6.45) is 2.97. The Kier molecular flexibility index (Phi) is 6.60. The van der Waals surface area contributed by atoms with Crippen molar-refractivity contribution in [3.63, 3.8) is 0 Å². The molecule has 3 atom stereocenters. The first-order valence-corrected chi connectivity index (χ1v) is 10.0. The van der Waals surface area contributed by atoms with E-state index in [1.165, 1.54) is 12.1 Å². The third-order valence-electron chi connectivity index (χ3n) is 5.22. The minimum Gasteiger partial charge on any atom is -0.488 e. The van der Waals surface area contributed by atoms with E-state index in [2.05, 4.69) is 11.4 Å². The Labute approximate surface area is 170 Å². The number of carboxylic acids is 1. The Morgan fingerprint density at radius 1 is 1.31 bits per heavy atom. The van der Waals surface area contributed by atoms with Crippen LogP contribution in [0.3, 0.4) is 0 Å². The summed E-state index contributed by atoms with van der Waals surface area (Å²) in [6.45, 7) is 4.70. The molecule has 1 aromatic carbocycles. The molecule has 2 N–H and O–H groups in total. The van der Waals surface area contributed by atoms with Gasteiger partial charge in [-0.25, -0.2) is 4.79 Å². The number of rotatable bonds is 7. The largest absolute Gasteiger partial charge is 0.488 e. The van der Waals surface area contributed by atoms with Crippen molar-refractivity contribution < 1.29 is 24.2 Å². The van der Waals surface area contributed by atoms with Gasteiger partial charge >= 0.3 is 5.97 Å². The number of hydrogen-bond donors (Lipinski definition) is 2. The van der Waals surface area contributed by atoms with E-state index >= 15 is 0 Å². The Morgan fingerprint density at radius 2 is 2.10 bits per heavy atom. The zero-order valence-electron chi connectivity index (χ0n) is 16.8. The van der Waals surface area contributed by atoms with E-state index in [4.69, 9.17) is 9.47 Å². The van der Waals surface area contributed by atoms with Crippen LogP contribution in [-0.4, -0.2) is 59.3 Å². The van der Waals surface area contributed by atoms with Crippen LogP contribution in [0.25, 0.3) is 0 Å². The van der Waals surface area contributed by atoms with Gasteiger partial charge in [-0.3, -0.25) is 10.1 Å². The lowest BCUT2D eigenvalue weighted by Crippen LogP contribution is -2.47. The standard InChI is InChI=1S/C21H27N3O5/c1-13(2)29-18-8-5-14(21(26)27)10-19(18)28-12-15-6-7-17(23-15)20(25)24-9-3-4-16(24)11-22/h5,8,10,13,15-17,23H,3-4,6-7,9,12H2,1-2H3,(H,26,27)/t15-,16+,17+/m1/s1. The first-order valence-electron chi connectivity index (χ1n) is 10.0. The summed E-state index contributed by atoms with van der Waals surface area (Å²) in [5.74, 6) is -0.190. The number of nitriles is 1. The van der Waals surface area contributed by atoms with Crippen LogP contribution in [0.5, 0.6) is 11.5 Å². The van der Waals surface area contributed by atoms with E-state index in [1.54, 1.807) is 11.0 Å². The predicted molar refractivity (Wildman–Crippen MR) is 105 cm³/mol. The normalized spacial score (nSPS) is 23.8. The number of nitrogens with zero attached hydrogens (tertiary/aromatic N) is 2. The van der Waals surface area contributed by atoms with Gasteiger partial charge in [0.1, 0.15) is 12.6 Å². The zero-order valence-corrected chi connectivity index (χ0v) is 16.8. The molecule has 8 heteroatoms. The van der Waals surface area contributed by atoms with Crippen molar-refractivity contribution in [2.24, 2.45) is 0 Å². The van der Waals surface area contributed by atoms with Crippen molar-refractivity contribution in [3.05, 3.63) is 23.8 Å². The van der Waals surface area contributed by atoms with E-state index in [-0.39, 0.29) is 35.7 Å². The van der Waals surface area contributed by atoms with Gasteiger partial charge in [0.05, 0.1) is 23.8 Å². The highest BCUT2D eigenvalue weighted by Gasteiger charge is 2.37. The predicted octanol–water partition coefficient (Wildman–Crippen LogP) is 2.19. The molecule has 8 nitrogen and oxygen atoms in total. The first-order chi connectivity index (χ1) is 13.9. The number of ether oxygens (including phenoxy) is 2. The molecule has 2 aliphatic heterocycles. The molecule has 1 amide bonds. The Bertz CT molecular complexity index is 804. The second-order valence-electron chi connectivity index (χ2n) is 7.76. The average molecular weight is 401 g/mol. The van der Waals surface area contributed by atoms with Crippen molar-refractivity contribution >= 4 is 11.9 Å². The third kappa shape index (κ3) is 4.98. The lowest BCUT2D eigenvalue weighted by Gasteiger charge is -2.24. The third-order valence-corrected chi connectivity index (χ3v) is 5.22. The fourth-order valence-corrected chi connectivity index (χ4v) is 3.81. The molecule has 29 heavy (non-hydrogen) atoms. The van der Waals surface area contributed by atoms with Crippen molar-refractivity contribution in [1.82, 2.24) is 10.2 Å². The van der Waals surface area contributed by atoms with Gasteiger partial charge < -0.3 is 19.5 Å². The number of nitrogens with one attached hydrogen (secondary N) is 1. The Hall–Kier alpha value is -2.79. The van der Waals surface area contributed by atoms with E-state index in [0.29, 0.717) is 31.1 Å². The summed E-state index contributed by atoms with van der Waals surface area (Å²) in [4.78, 5) is 25.7. The Morgan fingerprint density at radius 3 is 2.79 bits per heavy atom. The van der Waals surface area contributed by atoms with Crippen molar-refractivity contribution in [3.8, 4) is 17.6 Å². The molecule has 0 radical (unpaired) electrons. The molecule has 0 spiro atoms. The lowest BCUT2D eigenvalue weighted by atomic mass is 10.1. The smallest absolute Gasteiger partial charge is 0.335 e. The SMILES string of the molecule is CC(C)Oc1ccc(C(=O)O)cc1OC[C@H]1CC[C@@H](C(=O)N2CCC[C@H]2C#N)N1. The van der Waals surface area contributed by atoms with E-state index in [0.717, 1.165) is 19.3 Å². The summed E-state index contributed by atoms with van der Waals surface area (Å²) >= 11 is 0. The summed E-state index contributed by atoms with van der Waals surface area (Å²) in [5, 5.41) is 21.7. The molecule has 2 aliphatic rings. The van der Waals surface area contributed by atoms with Gasteiger partial charge in [0, 0.05) is 12.6 Å². The fraction of sp³-hybridized carbons (Fsp3) is 0.571. The minimum absolute atomic E-state index is 0.0201. The van der Waals surface area contributed by atoms with Crippen LogP contribution in [0.2, 0.25) is 0 Å². The van der Waals surface area contributed by atoms with Gasteiger partial charge in [0.2, 0.25) is 5.91 Å². The van der Waals surface area contributed by atoms with Crippen LogP contribution in [0.15, 0.2) is 18.2 Å². The van der Waals surface area contributed by atoms with Crippen LogP contribution in [0.1, 0.15) is 49.9 Å². The van der Waals surface area contributed by atoms with Crippen LogP contribution >= 0.6 is 0 Å². The van der Waals surface area contributed by atoms with Gasteiger partial charge in [-0.1, -0.05) is 0 Å². The van der Waals surface area contributed by atoms with Gasteiger partial charge in [-0.05, 0) is 57.7 Å². The molecule has 0 aromatic heterocycles.